The van der Waals surface area contributed by atoms with Crippen molar-refractivity contribution < 1.29 is 4.39 Å². The number of halogens is 2. The Labute approximate surface area is 117 Å². The summed E-state index contributed by atoms with van der Waals surface area (Å²) in [4.78, 5) is 0. The van der Waals surface area contributed by atoms with Crippen LogP contribution in [0.4, 0.5) is 4.39 Å². The molecule has 0 heterocycles. The lowest BCUT2D eigenvalue weighted by molar-refractivity contribution is 0.356. The minimum absolute atomic E-state index is 0.171. The summed E-state index contributed by atoms with van der Waals surface area (Å²) < 4.78 is 14.1. The maximum atomic E-state index is 13.3. The Morgan fingerprint density at radius 3 is 2.78 bits per heavy atom. The van der Waals surface area contributed by atoms with Crippen molar-refractivity contribution in [1.29, 1.82) is 0 Å². The molecule has 0 bridgehead atoms. The topological polar surface area (TPSA) is 12.0 Å². The van der Waals surface area contributed by atoms with E-state index < -0.39 is 0 Å². The van der Waals surface area contributed by atoms with Crippen LogP contribution in [-0.2, 0) is 6.54 Å². The first kappa shape index (κ1) is 14.0. The van der Waals surface area contributed by atoms with Crippen molar-refractivity contribution in [3.8, 4) is 0 Å². The van der Waals surface area contributed by atoms with Gasteiger partial charge in [0, 0.05) is 17.1 Å². The van der Waals surface area contributed by atoms with E-state index >= 15 is 0 Å². The van der Waals surface area contributed by atoms with Crippen LogP contribution in [0.2, 0.25) is 0 Å². The fraction of sp³-hybridized carbons (Fsp3) is 0.600. The molecular weight excluding hydrogens is 293 g/mol. The molecule has 1 aliphatic rings. The lowest BCUT2D eigenvalue weighted by atomic mass is 9.97. The molecule has 18 heavy (non-hydrogen) atoms. The fourth-order valence-electron chi connectivity index (χ4n) is 2.76. The van der Waals surface area contributed by atoms with E-state index in [1.807, 2.05) is 6.07 Å². The van der Waals surface area contributed by atoms with Gasteiger partial charge in [0.1, 0.15) is 5.82 Å². The van der Waals surface area contributed by atoms with Crippen molar-refractivity contribution in [2.24, 2.45) is 5.92 Å². The number of nitrogens with one attached hydrogen (secondary N) is 1. The van der Waals surface area contributed by atoms with Gasteiger partial charge in [-0.25, -0.2) is 4.39 Å². The molecule has 1 saturated carbocycles. The zero-order chi connectivity index (χ0) is 13.0. The van der Waals surface area contributed by atoms with Crippen LogP contribution >= 0.6 is 15.9 Å². The number of benzene rings is 1. The van der Waals surface area contributed by atoms with E-state index in [1.54, 1.807) is 6.07 Å². The molecular formula is C15H21BrFN. The third kappa shape index (κ3) is 4.06. The van der Waals surface area contributed by atoms with Gasteiger partial charge < -0.3 is 5.32 Å². The van der Waals surface area contributed by atoms with Gasteiger partial charge >= 0.3 is 0 Å². The van der Waals surface area contributed by atoms with Crippen LogP contribution in [0.25, 0.3) is 0 Å². The maximum absolute atomic E-state index is 13.3. The summed E-state index contributed by atoms with van der Waals surface area (Å²) in [6, 6.07) is 5.67. The summed E-state index contributed by atoms with van der Waals surface area (Å²) in [5.41, 5.74) is 1.01. The summed E-state index contributed by atoms with van der Waals surface area (Å²) in [5, 5.41) is 3.59. The highest BCUT2D eigenvalue weighted by atomic mass is 79.9. The van der Waals surface area contributed by atoms with Crippen molar-refractivity contribution >= 4 is 15.9 Å². The van der Waals surface area contributed by atoms with E-state index in [0.717, 1.165) is 22.5 Å². The molecule has 0 radical (unpaired) electrons. The zero-order valence-electron chi connectivity index (χ0n) is 10.9. The van der Waals surface area contributed by atoms with Crippen molar-refractivity contribution in [1.82, 2.24) is 5.32 Å². The largest absolute Gasteiger partial charge is 0.310 e. The van der Waals surface area contributed by atoms with Crippen LogP contribution in [0, 0.1) is 11.7 Å². The second-order valence-electron chi connectivity index (χ2n) is 5.38. The SMILES string of the molecule is CC1CCCCCC1NCc1cc(F)cc(Br)c1. The summed E-state index contributed by atoms with van der Waals surface area (Å²) in [5.74, 6) is 0.555. The fourth-order valence-corrected chi connectivity index (χ4v) is 3.27. The Morgan fingerprint density at radius 2 is 2.00 bits per heavy atom. The molecule has 1 aromatic carbocycles. The Morgan fingerprint density at radius 1 is 1.22 bits per heavy atom. The number of rotatable bonds is 3. The average Bonchev–Trinajstić information content (AvgIpc) is 2.50. The maximum Gasteiger partial charge on any atom is 0.124 e. The van der Waals surface area contributed by atoms with Crippen molar-refractivity contribution in [3.63, 3.8) is 0 Å². The Bertz CT molecular complexity index is 374. The lowest BCUT2D eigenvalue weighted by Gasteiger charge is -2.23. The summed E-state index contributed by atoms with van der Waals surface area (Å²) >= 11 is 3.34. The monoisotopic (exact) mass is 313 g/mol. The van der Waals surface area contributed by atoms with Gasteiger partial charge in [-0.1, -0.05) is 42.1 Å². The van der Waals surface area contributed by atoms with Crippen LogP contribution in [0.5, 0.6) is 0 Å². The average molecular weight is 314 g/mol. The van der Waals surface area contributed by atoms with Crippen LogP contribution in [0.15, 0.2) is 22.7 Å². The van der Waals surface area contributed by atoms with Crippen molar-refractivity contribution in [2.75, 3.05) is 0 Å². The molecule has 0 spiro atoms. The predicted octanol–water partition coefficient (Wildman–Crippen LogP) is 4.65. The van der Waals surface area contributed by atoms with Crippen LogP contribution in [0.1, 0.15) is 44.6 Å². The first-order chi connectivity index (χ1) is 8.65. The predicted molar refractivity (Wildman–Crippen MR) is 77.0 cm³/mol. The molecule has 3 heteroatoms. The van der Waals surface area contributed by atoms with Gasteiger partial charge in [-0.3, -0.25) is 0 Å². The second kappa shape index (κ2) is 6.67. The molecule has 1 fully saturated rings. The minimum Gasteiger partial charge on any atom is -0.310 e. The Balaban J connectivity index is 1.93. The van der Waals surface area contributed by atoms with E-state index in [4.69, 9.17) is 0 Å². The quantitative estimate of drug-likeness (QED) is 0.801. The van der Waals surface area contributed by atoms with E-state index in [-0.39, 0.29) is 5.82 Å². The molecule has 1 nitrogen and oxygen atoms in total. The van der Waals surface area contributed by atoms with Crippen LogP contribution in [0.3, 0.4) is 0 Å². The molecule has 0 amide bonds. The van der Waals surface area contributed by atoms with Crippen LogP contribution in [-0.4, -0.2) is 6.04 Å². The van der Waals surface area contributed by atoms with E-state index in [0.29, 0.717) is 6.04 Å². The summed E-state index contributed by atoms with van der Waals surface area (Å²) in [7, 11) is 0. The molecule has 1 aliphatic carbocycles. The standard InChI is InChI=1S/C15H21BrFN/c1-11-5-3-2-4-6-15(11)18-10-12-7-13(16)9-14(17)8-12/h7-9,11,15,18H,2-6,10H2,1H3. The van der Waals surface area contributed by atoms with Gasteiger partial charge in [-0.2, -0.15) is 0 Å². The van der Waals surface area contributed by atoms with Gasteiger partial charge in [0.2, 0.25) is 0 Å². The van der Waals surface area contributed by atoms with Gasteiger partial charge in [0.25, 0.3) is 0 Å². The number of hydrogen-bond acceptors (Lipinski definition) is 1. The third-order valence-electron chi connectivity index (χ3n) is 3.85. The lowest BCUT2D eigenvalue weighted by Crippen LogP contribution is -2.33. The highest BCUT2D eigenvalue weighted by Crippen LogP contribution is 2.23. The van der Waals surface area contributed by atoms with E-state index in [2.05, 4.69) is 28.2 Å². The third-order valence-corrected chi connectivity index (χ3v) is 4.31. The molecule has 0 aromatic heterocycles. The van der Waals surface area contributed by atoms with Gasteiger partial charge in [-0.15, -0.1) is 0 Å². The molecule has 100 valence electrons. The first-order valence-corrected chi connectivity index (χ1v) is 7.63. The highest BCUT2D eigenvalue weighted by molar-refractivity contribution is 9.10. The van der Waals surface area contributed by atoms with Gasteiger partial charge in [0.05, 0.1) is 0 Å². The normalized spacial score (nSPS) is 24.8. The second-order valence-corrected chi connectivity index (χ2v) is 6.30. The van der Waals surface area contributed by atoms with Crippen molar-refractivity contribution in [3.05, 3.63) is 34.1 Å². The summed E-state index contributed by atoms with van der Waals surface area (Å²) in [6.45, 7) is 3.08. The highest BCUT2D eigenvalue weighted by Gasteiger charge is 2.19. The molecule has 2 atom stereocenters. The molecule has 1 N–H and O–H groups in total. The molecule has 2 unspecified atom stereocenters. The van der Waals surface area contributed by atoms with E-state index in [9.17, 15) is 4.39 Å². The molecule has 2 rings (SSSR count). The smallest absolute Gasteiger partial charge is 0.124 e. The van der Waals surface area contributed by atoms with Gasteiger partial charge in [0.15, 0.2) is 0 Å². The zero-order valence-corrected chi connectivity index (χ0v) is 12.5. The first-order valence-electron chi connectivity index (χ1n) is 6.83. The van der Waals surface area contributed by atoms with Crippen LogP contribution < -0.4 is 5.32 Å². The summed E-state index contributed by atoms with van der Waals surface area (Å²) in [6.07, 6.45) is 6.58. The van der Waals surface area contributed by atoms with Crippen molar-refractivity contribution in [2.45, 2.75) is 51.6 Å². The molecule has 0 saturated heterocycles. The van der Waals surface area contributed by atoms with Gasteiger partial charge in [-0.05, 0) is 42.5 Å². The molecule has 1 aromatic rings. The minimum atomic E-state index is -0.171. The Hall–Kier alpha value is -0.410. The number of hydrogen-bond donors (Lipinski definition) is 1. The Kier molecular flexibility index (Phi) is 5.19. The van der Waals surface area contributed by atoms with E-state index in [1.165, 1.54) is 38.2 Å². The molecule has 0 aliphatic heterocycles.